The number of Topliss-reactive ketones (excluding diaryl/α,β-unsaturated/α-hetero) is 1. The van der Waals surface area contributed by atoms with Crippen LogP contribution >= 0.6 is 0 Å². The van der Waals surface area contributed by atoms with Gasteiger partial charge in [-0.05, 0) is 35.4 Å². The van der Waals surface area contributed by atoms with Crippen LogP contribution in [0.2, 0.25) is 0 Å². The molecular formula is C21H24O4. The highest BCUT2D eigenvalue weighted by Gasteiger charge is 2.41. The summed E-state index contributed by atoms with van der Waals surface area (Å²) in [5, 5.41) is 0. The number of benzene rings is 2. The van der Waals surface area contributed by atoms with E-state index in [-0.39, 0.29) is 29.8 Å². The third-order valence-electron chi connectivity index (χ3n) is 4.94. The first-order valence-corrected chi connectivity index (χ1v) is 8.52. The van der Waals surface area contributed by atoms with Crippen molar-refractivity contribution in [3.63, 3.8) is 0 Å². The fourth-order valence-electron chi connectivity index (χ4n) is 3.48. The monoisotopic (exact) mass is 340 g/mol. The minimum atomic E-state index is -0.296. The van der Waals surface area contributed by atoms with Gasteiger partial charge in [-0.2, -0.15) is 0 Å². The van der Waals surface area contributed by atoms with Crippen molar-refractivity contribution in [2.45, 2.75) is 26.1 Å². The Hall–Kier alpha value is -2.33. The highest BCUT2D eigenvalue weighted by atomic mass is 16.5. The summed E-state index contributed by atoms with van der Waals surface area (Å²) in [5.41, 5.74) is 1.92. The average Bonchev–Trinajstić information content (AvgIpc) is 2.66. The molecule has 25 heavy (non-hydrogen) atoms. The smallest absolute Gasteiger partial charge is 0.144 e. The van der Waals surface area contributed by atoms with Crippen molar-refractivity contribution >= 4 is 5.78 Å². The number of ether oxygens (including phenoxy) is 3. The molecule has 0 aliphatic carbocycles. The fourth-order valence-corrected chi connectivity index (χ4v) is 3.48. The molecule has 132 valence electrons. The van der Waals surface area contributed by atoms with Gasteiger partial charge >= 0.3 is 0 Å². The van der Waals surface area contributed by atoms with Gasteiger partial charge < -0.3 is 14.2 Å². The molecule has 4 heteroatoms. The van der Waals surface area contributed by atoms with Gasteiger partial charge in [0.15, 0.2) is 0 Å². The van der Waals surface area contributed by atoms with E-state index in [2.05, 4.69) is 0 Å². The van der Waals surface area contributed by atoms with Gasteiger partial charge in [-0.15, -0.1) is 0 Å². The SMILES string of the molecule is COc1cccc(C2OC(c3cccc(OC)c3)C(C)C(=O)C2C)c1. The van der Waals surface area contributed by atoms with E-state index in [4.69, 9.17) is 14.2 Å². The molecular weight excluding hydrogens is 316 g/mol. The molecule has 1 aliphatic rings. The zero-order valence-corrected chi connectivity index (χ0v) is 15.1. The van der Waals surface area contributed by atoms with Crippen LogP contribution in [-0.4, -0.2) is 20.0 Å². The van der Waals surface area contributed by atoms with Crippen LogP contribution in [0.4, 0.5) is 0 Å². The number of rotatable bonds is 4. The van der Waals surface area contributed by atoms with E-state index in [0.717, 1.165) is 22.6 Å². The summed E-state index contributed by atoms with van der Waals surface area (Å²) < 4.78 is 17.0. The number of hydrogen-bond acceptors (Lipinski definition) is 4. The van der Waals surface area contributed by atoms with Gasteiger partial charge in [0.25, 0.3) is 0 Å². The number of hydrogen-bond donors (Lipinski definition) is 0. The van der Waals surface area contributed by atoms with Crippen LogP contribution in [0.5, 0.6) is 11.5 Å². The van der Waals surface area contributed by atoms with Gasteiger partial charge in [0, 0.05) is 11.8 Å². The maximum atomic E-state index is 12.9. The second kappa shape index (κ2) is 7.28. The molecule has 2 aromatic rings. The Morgan fingerprint density at radius 3 is 1.64 bits per heavy atom. The molecule has 4 atom stereocenters. The zero-order chi connectivity index (χ0) is 18.0. The molecule has 4 nitrogen and oxygen atoms in total. The molecule has 3 rings (SSSR count). The molecule has 0 saturated carbocycles. The van der Waals surface area contributed by atoms with Gasteiger partial charge in [0.2, 0.25) is 0 Å². The number of carbonyl (C=O) groups is 1. The van der Waals surface area contributed by atoms with E-state index in [9.17, 15) is 4.79 Å². The summed E-state index contributed by atoms with van der Waals surface area (Å²) in [6.07, 6.45) is -0.593. The first-order chi connectivity index (χ1) is 12.0. The second-order valence-electron chi connectivity index (χ2n) is 6.51. The third-order valence-corrected chi connectivity index (χ3v) is 4.94. The summed E-state index contributed by atoms with van der Waals surface area (Å²) in [6.45, 7) is 3.87. The highest BCUT2D eigenvalue weighted by molar-refractivity contribution is 5.85. The Morgan fingerprint density at radius 1 is 0.800 bits per heavy atom. The van der Waals surface area contributed by atoms with Gasteiger partial charge in [-0.3, -0.25) is 4.79 Å². The van der Waals surface area contributed by atoms with Crippen LogP contribution in [0, 0.1) is 11.8 Å². The molecule has 4 unspecified atom stereocenters. The summed E-state index contributed by atoms with van der Waals surface area (Å²) in [4.78, 5) is 12.9. The van der Waals surface area contributed by atoms with Gasteiger partial charge in [-0.25, -0.2) is 0 Å². The van der Waals surface area contributed by atoms with E-state index in [1.807, 2.05) is 62.4 Å². The lowest BCUT2D eigenvalue weighted by Crippen LogP contribution is -2.37. The molecule has 0 bridgehead atoms. The van der Waals surface area contributed by atoms with E-state index in [0.29, 0.717) is 0 Å². The molecule has 0 spiro atoms. The minimum Gasteiger partial charge on any atom is -0.497 e. The summed E-state index contributed by atoms with van der Waals surface area (Å²) in [5.74, 6) is 1.33. The first kappa shape index (κ1) is 17.5. The van der Waals surface area contributed by atoms with Crippen LogP contribution in [0.15, 0.2) is 48.5 Å². The Bertz CT molecular complexity index is 694. The Morgan fingerprint density at radius 2 is 1.24 bits per heavy atom. The summed E-state index contributed by atoms with van der Waals surface area (Å²) >= 11 is 0. The highest BCUT2D eigenvalue weighted by Crippen LogP contribution is 2.44. The molecule has 0 amide bonds. The van der Waals surface area contributed by atoms with Crippen LogP contribution in [0.25, 0.3) is 0 Å². The molecule has 2 aromatic carbocycles. The lowest BCUT2D eigenvalue weighted by atomic mass is 9.80. The normalized spacial score (nSPS) is 26.3. The minimum absolute atomic E-state index is 0.205. The maximum absolute atomic E-state index is 12.9. The average molecular weight is 340 g/mol. The van der Waals surface area contributed by atoms with Crippen LogP contribution < -0.4 is 9.47 Å². The Kier molecular flexibility index (Phi) is 5.09. The zero-order valence-electron chi connectivity index (χ0n) is 15.1. The summed E-state index contributed by atoms with van der Waals surface area (Å²) in [6, 6.07) is 15.5. The van der Waals surface area contributed by atoms with Crippen molar-refractivity contribution in [1.29, 1.82) is 0 Å². The molecule has 0 N–H and O–H groups in total. The van der Waals surface area contributed by atoms with Crippen LogP contribution in [0.3, 0.4) is 0 Å². The lowest BCUT2D eigenvalue weighted by molar-refractivity contribution is -0.157. The van der Waals surface area contributed by atoms with Crippen LogP contribution in [-0.2, 0) is 9.53 Å². The predicted octanol–water partition coefficient (Wildman–Crippen LogP) is 4.36. The fraction of sp³-hybridized carbons (Fsp3) is 0.381. The first-order valence-electron chi connectivity index (χ1n) is 8.52. The second-order valence-corrected chi connectivity index (χ2v) is 6.51. The van der Waals surface area contributed by atoms with Crippen molar-refractivity contribution in [2.24, 2.45) is 11.8 Å². The Labute approximate surface area is 148 Å². The topological polar surface area (TPSA) is 44.8 Å². The van der Waals surface area contributed by atoms with Crippen molar-refractivity contribution in [3.8, 4) is 11.5 Å². The summed E-state index contributed by atoms with van der Waals surface area (Å²) in [7, 11) is 3.27. The molecule has 1 saturated heterocycles. The molecule has 1 fully saturated rings. The maximum Gasteiger partial charge on any atom is 0.144 e. The lowest BCUT2D eigenvalue weighted by Gasteiger charge is -2.38. The van der Waals surface area contributed by atoms with Crippen molar-refractivity contribution in [3.05, 3.63) is 59.7 Å². The number of methoxy groups -OCH3 is 2. The predicted molar refractivity (Wildman–Crippen MR) is 95.9 cm³/mol. The van der Waals surface area contributed by atoms with Crippen molar-refractivity contribution in [2.75, 3.05) is 14.2 Å². The molecule has 1 aliphatic heterocycles. The van der Waals surface area contributed by atoms with Gasteiger partial charge in [0.1, 0.15) is 17.3 Å². The van der Waals surface area contributed by atoms with Gasteiger partial charge in [0.05, 0.1) is 26.4 Å². The van der Waals surface area contributed by atoms with E-state index >= 15 is 0 Å². The standard InChI is InChI=1S/C21H24O4/c1-13-19(22)14(2)21(16-8-6-10-18(12-16)24-4)25-20(13)15-7-5-9-17(11-15)23-3/h5-14,20-21H,1-4H3. The van der Waals surface area contributed by atoms with E-state index < -0.39 is 0 Å². The Balaban J connectivity index is 1.96. The largest absolute Gasteiger partial charge is 0.497 e. The van der Waals surface area contributed by atoms with Crippen molar-refractivity contribution in [1.82, 2.24) is 0 Å². The third kappa shape index (κ3) is 3.40. The van der Waals surface area contributed by atoms with E-state index in [1.165, 1.54) is 0 Å². The molecule has 0 radical (unpaired) electrons. The number of ketones is 1. The number of carbonyl (C=O) groups excluding carboxylic acids is 1. The molecule has 0 aromatic heterocycles. The quantitative estimate of drug-likeness (QED) is 0.830. The van der Waals surface area contributed by atoms with Crippen LogP contribution in [0.1, 0.15) is 37.2 Å². The van der Waals surface area contributed by atoms with E-state index in [1.54, 1.807) is 14.2 Å². The molecule has 1 heterocycles. The van der Waals surface area contributed by atoms with Crippen molar-refractivity contribution < 1.29 is 19.0 Å². The van der Waals surface area contributed by atoms with Gasteiger partial charge in [-0.1, -0.05) is 38.1 Å².